The van der Waals surface area contributed by atoms with Crippen LogP contribution in [0.1, 0.15) is 16.7 Å². The van der Waals surface area contributed by atoms with Crippen LogP contribution in [0.5, 0.6) is 5.75 Å². The minimum atomic E-state index is -4.42. The molecule has 3 rings (SSSR count). The van der Waals surface area contributed by atoms with E-state index >= 15 is 0 Å². The predicted molar refractivity (Wildman–Crippen MR) is 98.7 cm³/mol. The van der Waals surface area contributed by atoms with Crippen molar-refractivity contribution < 1.29 is 18.3 Å². The second kappa shape index (κ2) is 8.34. The van der Waals surface area contributed by atoms with Crippen molar-refractivity contribution in [1.82, 2.24) is 19.6 Å². The van der Waals surface area contributed by atoms with Gasteiger partial charge in [0.25, 0.3) is 0 Å². The molecule has 0 unspecified atom stereocenters. The van der Waals surface area contributed by atoms with Gasteiger partial charge in [-0.2, -0.15) is 13.2 Å². The van der Waals surface area contributed by atoms with Crippen molar-refractivity contribution in [2.45, 2.75) is 19.3 Å². The van der Waals surface area contributed by atoms with Gasteiger partial charge in [0, 0.05) is 76.6 Å². The van der Waals surface area contributed by atoms with Crippen LogP contribution in [0.25, 0.3) is 0 Å². The first-order valence-corrected chi connectivity index (χ1v) is 9.46. The van der Waals surface area contributed by atoms with Crippen LogP contribution in [0, 0.1) is 0 Å². The molecule has 0 amide bonds. The Morgan fingerprint density at radius 1 is 0.778 bits per heavy atom. The highest BCUT2D eigenvalue weighted by Gasteiger charge is 2.33. The third-order valence-electron chi connectivity index (χ3n) is 5.57. The van der Waals surface area contributed by atoms with E-state index in [1.54, 1.807) is 0 Å². The third kappa shape index (κ3) is 5.34. The SMILES string of the molecule is CN1CCN(Cc2cc(C(F)(F)F)cc(CN3CCN(C)CC3)c2O)CC1. The van der Waals surface area contributed by atoms with Crippen molar-refractivity contribution in [3.8, 4) is 5.75 Å². The zero-order valence-electron chi connectivity index (χ0n) is 16.1. The molecule has 0 radical (unpaired) electrons. The molecule has 0 aliphatic carbocycles. The Hall–Kier alpha value is -1.35. The van der Waals surface area contributed by atoms with Crippen molar-refractivity contribution in [2.75, 3.05) is 66.5 Å². The minimum Gasteiger partial charge on any atom is -0.507 e. The highest BCUT2D eigenvalue weighted by Crippen LogP contribution is 2.36. The fourth-order valence-corrected chi connectivity index (χ4v) is 3.66. The lowest BCUT2D eigenvalue weighted by atomic mass is 10.0. The largest absolute Gasteiger partial charge is 0.507 e. The Morgan fingerprint density at radius 3 is 1.48 bits per heavy atom. The summed E-state index contributed by atoms with van der Waals surface area (Å²) in [5.41, 5.74) is 0.0746. The third-order valence-corrected chi connectivity index (χ3v) is 5.57. The van der Waals surface area contributed by atoms with Crippen LogP contribution in [0.2, 0.25) is 0 Å². The van der Waals surface area contributed by atoms with E-state index in [0.29, 0.717) is 24.2 Å². The molecule has 152 valence electrons. The van der Waals surface area contributed by atoms with Gasteiger partial charge in [-0.15, -0.1) is 0 Å². The van der Waals surface area contributed by atoms with Gasteiger partial charge in [-0.1, -0.05) is 0 Å². The minimum absolute atomic E-state index is 0.0147. The second-order valence-electron chi connectivity index (χ2n) is 7.80. The fraction of sp³-hybridized carbons (Fsp3) is 0.684. The van der Waals surface area contributed by atoms with Gasteiger partial charge < -0.3 is 14.9 Å². The van der Waals surface area contributed by atoms with E-state index in [9.17, 15) is 18.3 Å². The van der Waals surface area contributed by atoms with E-state index in [1.807, 2.05) is 14.1 Å². The number of phenols is 1. The number of piperazine rings is 2. The van der Waals surface area contributed by atoms with Crippen LogP contribution in [0.4, 0.5) is 13.2 Å². The Balaban J connectivity index is 1.81. The Morgan fingerprint density at radius 2 is 1.15 bits per heavy atom. The number of benzene rings is 1. The van der Waals surface area contributed by atoms with E-state index < -0.39 is 11.7 Å². The number of alkyl halides is 3. The van der Waals surface area contributed by atoms with E-state index in [-0.39, 0.29) is 5.75 Å². The summed E-state index contributed by atoms with van der Waals surface area (Å²) in [4.78, 5) is 8.60. The van der Waals surface area contributed by atoms with E-state index in [0.717, 1.165) is 64.5 Å². The topological polar surface area (TPSA) is 33.2 Å². The molecule has 0 bridgehead atoms. The normalized spacial score (nSPS) is 21.7. The van der Waals surface area contributed by atoms with Gasteiger partial charge in [0.2, 0.25) is 0 Å². The maximum Gasteiger partial charge on any atom is 0.416 e. The van der Waals surface area contributed by atoms with Gasteiger partial charge in [-0.25, -0.2) is 0 Å². The molecule has 0 aromatic heterocycles. The molecule has 0 spiro atoms. The Labute approximate surface area is 158 Å². The summed E-state index contributed by atoms with van der Waals surface area (Å²) in [5, 5.41) is 10.7. The van der Waals surface area contributed by atoms with Gasteiger partial charge in [-0.3, -0.25) is 9.80 Å². The van der Waals surface area contributed by atoms with Gasteiger partial charge in [-0.05, 0) is 26.2 Å². The number of aromatic hydroxyl groups is 1. The van der Waals surface area contributed by atoms with Crippen LogP contribution in [0.15, 0.2) is 12.1 Å². The molecule has 5 nitrogen and oxygen atoms in total. The summed E-state index contributed by atoms with van der Waals surface area (Å²) in [6, 6.07) is 2.22. The molecule has 8 heteroatoms. The average Bonchev–Trinajstić information content (AvgIpc) is 2.61. The van der Waals surface area contributed by atoms with Gasteiger partial charge in [0.1, 0.15) is 5.75 Å². The van der Waals surface area contributed by atoms with Crippen LogP contribution in [0.3, 0.4) is 0 Å². The lowest BCUT2D eigenvalue weighted by Crippen LogP contribution is -2.44. The summed E-state index contributed by atoms with van der Waals surface area (Å²) in [7, 11) is 4.07. The number of likely N-dealkylation sites (N-methyl/N-ethyl adjacent to an activating group) is 2. The number of hydrogen-bond acceptors (Lipinski definition) is 5. The number of phenolic OH excluding ortho intramolecular Hbond substituents is 1. The first kappa shape index (κ1) is 20.4. The monoisotopic (exact) mass is 386 g/mol. The maximum atomic E-state index is 13.4. The smallest absolute Gasteiger partial charge is 0.416 e. The summed E-state index contributed by atoms with van der Waals surface area (Å²) >= 11 is 0. The summed E-state index contributed by atoms with van der Waals surface area (Å²) in [5.74, 6) is 0.0147. The fourth-order valence-electron chi connectivity index (χ4n) is 3.66. The summed E-state index contributed by atoms with van der Waals surface area (Å²) < 4.78 is 40.3. The van der Waals surface area contributed by atoms with Crippen LogP contribution in [-0.4, -0.2) is 91.2 Å². The molecular formula is C19H29F3N4O. The highest BCUT2D eigenvalue weighted by atomic mass is 19.4. The Bertz CT molecular complexity index is 591. The second-order valence-corrected chi connectivity index (χ2v) is 7.80. The van der Waals surface area contributed by atoms with Gasteiger partial charge in [0.05, 0.1) is 5.56 Å². The van der Waals surface area contributed by atoms with E-state index in [4.69, 9.17) is 0 Å². The number of halogens is 3. The quantitative estimate of drug-likeness (QED) is 0.855. The predicted octanol–water partition coefficient (Wildman–Crippen LogP) is 1.91. The maximum absolute atomic E-state index is 13.4. The summed E-state index contributed by atoms with van der Waals surface area (Å²) in [6.07, 6.45) is -4.42. The van der Waals surface area contributed by atoms with Crippen LogP contribution in [-0.2, 0) is 19.3 Å². The standard InChI is InChI=1S/C19H29F3N4O/c1-23-3-7-25(8-4-23)13-15-11-17(19(20,21)22)12-16(18(15)27)14-26-9-5-24(2)6-10-26/h11-12,27H,3-10,13-14H2,1-2H3. The van der Waals surface area contributed by atoms with Crippen molar-refractivity contribution in [3.05, 3.63) is 28.8 Å². The lowest BCUT2D eigenvalue weighted by Gasteiger charge is -2.34. The molecule has 2 saturated heterocycles. The van der Waals surface area contributed by atoms with Gasteiger partial charge >= 0.3 is 6.18 Å². The van der Waals surface area contributed by atoms with Gasteiger partial charge in [0.15, 0.2) is 0 Å². The van der Waals surface area contributed by atoms with Crippen LogP contribution >= 0.6 is 0 Å². The number of hydrogen-bond donors (Lipinski definition) is 1. The highest BCUT2D eigenvalue weighted by molar-refractivity contribution is 5.45. The molecule has 2 aliphatic rings. The molecule has 1 aromatic carbocycles. The molecule has 1 aromatic rings. The first-order chi connectivity index (χ1) is 12.7. The molecule has 0 atom stereocenters. The zero-order chi connectivity index (χ0) is 19.6. The molecular weight excluding hydrogens is 357 g/mol. The average molecular weight is 386 g/mol. The number of rotatable bonds is 4. The van der Waals surface area contributed by atoms with E-state index in [1.165, 1.54) is 0 Å². The molecule has 2 fully saturated rings. The lowest BCUT2D eigenvalue weighted by molar-refractivity contribution is -0.137. The van der Waals surface area contributed by atoms with Crippen molar-refractivity contribution in [1.29, 1.82) is 0 Å². The summed E-state index contributed by atoms with van der Waals surface area (Å²) in [6.45, 7) is 7.39. The molecule has 1 N–H and O–H groups in total. The van der Waals surface area contributed by atoms with Crippen molar-refractivity contribution in [3.63, 3.8) is 0 Å². The van der Waals surface area contributed by atoms with Crippen LogP contribution < -0.4 is 0 Å². The molecule has 2 aliphatic heterocycles. The van der Waals surface area contributed by atoms with Crippen molar-refractivity contribution >= 4 is 0 Å². The number of nitrogens with zero attached hydrogens (tertiary/aromatic N) is 4. The zero-order valence-corrected chi connectivity index (χ0v) is 16.1. The van der Waals surface area contributed by atoms with E-state index in [2.05, 4.69) is 19.6 Å². The first-order valence-electron chi connectivity index (χ1n) is 9.46. The molecule has 0 saturated carbocycles. The Kier molecular flexibility index (Phi) is 6.30. The molecule has 2 heterocycles. The van der Waals surface area contributed by atoms with Crippen molar-refractivity contribution in [2.24, 2.45) is 0 Å². The molecule has 27 heavy (non-hydrogen) atoms.